The first kappa shape index (κ1) is 14.2. The van der Waals surface area contributed by atoms with Crippen LogP contribution in [0.4, 0.5) is 0 Å². The second kappa shape index (κ2) is 6.30. The average molecular weight is 274 g/mol. The van der Waals surface area contributed by atoms with E-state index in [0.717, 1.165) is 23.1 Å². The van der Waals surface area contributed by atoms with Crippen LogP contribution in [0.5, 0.6) is 17.2 Å². The van der Waals surface area contributed by atoms with Gasteiger partial charge in [0.2, 0.25) is 0 Å². The molecule has 0 aliphatic carbocycles. The van der Waals surface area contributed by atoms with Gasteiger partial charge in [0.25, 0.3) is 0 Å². The second-order valence-electron chi connectivity index (χ2n) is 4.75. The van der Waals surface area contributed by atoms with Gasteiger partial charge in [-0.2, -0.15) is 0 Å². The predicted molar refractivity (Wildman–Crippen MR) is 76.1 cm³/mol. The van der Waals surface area contributed by atoms with Crippen molar-refractivity contribution in [1.82, 2.24) is 0 Å². The predicted octanol–water partition coefficient (Wildman–Crippen LogP) is 2.12. The van der Waals surface area contributed by atoms with E-state index in [1.54, 1.807) is 18.2 Å². The molecule has 2 aromatic carbocycles. The molecule has 2 aromatic rings. The molecular weight excluding hydrogens is 256 g/mol. The fourth-order valence-corrected chi connectivity index (χ4v) is 2.19. The summed E-state index contributed by atoms with van der Waals surface area (Å²) in [6.45, 7) is -0.00355. The summed E-state index contributed by atoms with van der Waals surface area (Å²) in [6, 6.07) is 10.0. The van der Waals surface area contributed by atoms with Crippen LogP contribution in [0.1, 0.15) is 16.7 Å². The summed E-state index contributed by atoms with van der Waals surface area (Å²) in [5.74, 6) is -0.0776. The van der Waals surface area contributed by atoms with Crippen LogP contribution in [-0.2, 0) is 19.3 Å². The largest absolute Gasteiger partial charge is 0.508 e. The standard InChI is InChI=1S/C16H18O4/c17-8-7-13-10-16(20)15(19)9-12(13)4-1-11-2-5-14(18)6-3-11/h2-3,5-6,9-10,17-20H,1,4,7-8H2. The van der Waals surface area contributed by atoms with Crippen LogP contribution in [-0.4, -0.2) is 27.0 Å². The van der Waals surface area contributed by atoms with E-state index in [4.69, 9.17) is 5.11 Å². The van der Waals surface area contributed by atoms with Crippen LogP contribution in [0.15, 0.2) is 36.4 Å². The Balaban J connectivity index is 2.15. The summed E-state index contributed by atoms with van der Waals surface area (Å²) in [5, 5.41) is 37.4. The molecule has 0 saturated heterocycles. The summed E-state index contributed by atoms with van der Waals surface area (Å²) < 4.78 is 0. The number of hydrogen-bond acceptors (Lipinski definition) is 4. The Morgan fingerprint density at radius 1 is 0.700 bits per heavy atom. The molecule has 0 bridgehead atoms. The SMILES string of the molecule is OCCc1cc(O)c(O)cc1CCc1ccc(O)cc1. The highest BCUT2D eigenvalue weighted by molar-refractivity contribution is 5.46. The van der Waals surface area contributed by atoms with Crippen molar-refractivity contribution in [2.45, 2.75) is 19.3 Å². The van der Waals surface area contributed by atoms with E-state index in [1.165, 1.54) is 6.07 Å². The summed E-state index contributed by atoms with van der Waals surface area (Å²) in [6.07, 6.45) is 1.88. The Bertz CT molecular complexity index is 576. The van der Waals surface area contributed by atoms with Crippen molar-refractivity contribution in [2.24, 2.45) is 0 Å². The Hall–Kier alpha value is -2.20. The third-order valence-corrected chi connectivity index (χ3v) is 3.30. The average Bonchev–Trinajstić information content (AvgIpc) is 2.43. The van der Waals surface area contributed by atoms with Gasteiger partial charge in [-0.05, 0) is 60.2 Å². The first-order chi connectivity index (χ1) is 9.60. The van der Waals surface area contributed by atoms with Crippen molar-refractivity contribution in [1.29, 1.82) is 0 Å². The quantitative estimate of drug-likeness (QED) is 0.630. The Labute approximate surface area is 117 Å². The van der Waals surface area contributed by atoms with Gasteiger partial charge in [0.05, 0.1) is 0 Å². The number of aliphatic hydroxyl groups excluding tert-OH is 1. The Morgan fingerprint density at radius 3 is 1.80 bits per heavy atom. The zero-order chi connectivity index (χ0) is 14.5. The molecule has 4 nitrogen and oxygen atoms in total. The summed E-state index contributed by atoms with van der Waals surface area (Å²) >= 11 is 0. The molecule has 106 valence electrons. The highest BCUT2D eigenvalue weighted by Crippen LogP contribution is 2.29. The molecule has 4 N–H and O–H groups in total. The fraction of sp³-hybridized carbons (Fsp3) is 0.250. The first-order valence-corrected chi connectivity index (χ1v) is 6.52. The molecule has 0 heterocycles. The molecule has 0 spiro atoms. The third-order valence-electron chi connectivity index (χ3n) is 3.30. The van der Waals surface area contributed by atoms with Gasteiger partial charge in [-0.15, -0.1) is 0 Å². The van der Waals surface area contributed by atoms with E-state index in [0.29, 0.717) is 12.8 Å². The molecule has 0 radical (unpaired) electrons. The second-order valence-corrected chi connectivity index (χ2v) is 4.75. The van der Waals surface area contributed by atoms with Crippen molar-refractivity contribution in [3.63, 3.8) is 0 Å². The maximum atomic E-state index is 9.58. The maximum Gasteiger partial charge on any atom is 0.157 e. The van der Waals surface area contributed by atoms with Gasteiger partial charge in [0.1, 0.15) is 5.75 Å². The van der Waals surface area contributed by atoms with Crippen LogP contribution in [0.25, 0.3) is 0 Å². The number of aryl methyl sites for hydroxylation is 2. The normalized spacial score (nSPS) is 10.7. The smallest absolute Gasteiger partial charge is 0.157 e. The zero-order valence-electron chi connectivity index (χ0n) is 11.1. The van der Waals surface area contributed by atoms with Crippen molar-refractivity contribution >= 4 is 0 Å². The van der Waals surface area contributed by atoms with E-state index in [9.17, 15) is 15.3 Å². The van der Waals surface area contributed by atoms with Crippen molar-refractivity contribution < 1.29 is 20.4 Å². The molecule has 0 amide bonds. The van der Waals surface area contributed by atoms with Gasteiger partial charge < -0.3 is 20.4 Å². The molecule has 2 rings (SSSR count). The van der Waals surface area contributed by atoms with Crippen molar-refractivity contribution in [2.75, 3.05) is 6.61 Å². The zero-order valence-corrected chi connectivity index (χ0v) is 11.1. The number of phenolic OH excluding ortho intramolecular Hbond substituents is 3. The lowest BCUT2D eigenvalue weighted by Gasteiger charge is -2.11. The molecule has 0 aromatic heterocycles. The molecule has 0 aliphatic heterocycles. The summed E-state index contributed by atoms with van der Waals surface area (Å²) in [4.78, 5) is 0. The van der Waals surface area contributed by atoms with Crippen LogP contribution < -0.4 is 0 Å². The van der Waals surface area contributed by atoms with Gasteiger partial charge >= 0.3 is 0 Å². The minimum atomic E-state index is -0.165. The number of aromatic hydroxyl groups is 3. The Morgan fingerprint density at radius 2 is 1.25 bits per heavy atom. The summed E-state index contributed by atoms with van der Waals surface area (Å²) in [7, 11) is 0. The molecule has 4 heteroatoms. The van der Waals surface area contributed by atoms with E-state index < -0.39 is 0 Å². The highest BCUT2D eigenvalue weighted by atomic mass is 16.3. The molecular formula is C16H18O4. The minimum absolute atomic E-state index is 0.00355. The maximum absolute atomic E-state index is 9.58. The van der Waals surface area contributed by atoms with E-state index in [2.05, 4.69) is 0 Å². The lowest BCUT2D eigenvalue weighted by atomic mass is 9.97. The van der Waals surface area contributed by atoms with Crippen LogP contribution in [0, 0.1) is 0 Å². The summed E-state index contributed by atoms with van der Waals surface area (Å²) in [5.41, 5.74) is 2.81. The molecule has 0 fully saturated rings. The third kappa shape index (κ3) is 3.42. The van der Waals surface area contributed by atoms with Gasteiger partial charge in [0, 0.05) is 6.61 Å². The number of rotatable bonds is 5. The van der Waals surface area contributed by atoms with Gasteiger partial charge in [0.15, 0.2) is 11.5 Å². The molecule has 0 aliphatic rings. The molecule has 0 saturated carbocycles. The topological polar surface area (TPSA) is 80.9 Å². The van der Waals surface area contributed by atoms with Gasteiger partial charge in [-0.25, -0.2) is 0 Å². The fourth-order valence-electron chi connectivity index (χ4n) is 2.19. The number of benzene rings is 2. The first-order valence-electron chi connectivity index (χ1n) is 6.52. The van der Waals surface area contributed by atoms with Gasteiger partial charge in [-0.1, -0.05) is 12.1 Å². The van der Waals surface area contributed by atoms with Crippen molar-refractivity contribution in [3.05, 3.63) is 53.1 Å². The Kier molecular flexibility index (Phi) is 4.48. The molecule has 0 atom stereocenters. The molecule has 0 unspecified atom stereocenters. The number of hydrogen-bond donors (Lipinski definition) is 4. The van der Waals surface area contributed by atoms with Crippen molar-refractivity contribution in [3.8, 4) is 17.2 Å². The molecule has 20 heavy (non-hydrogen) atoms. The number of aliphatic hydroxyl groups is 1. The van der Waals surface area contributed by atoms with Gasteiger partial charge in [-0.3, -0.25) is 0 Å². The number of phenols is 3. The minimum Gasteiger partial charge on any atom is -0.508 e. The lowest BCUT2D eigenvalue weighted by Crippen LogP contribution is -2.00. The monoisotopic (exact) mass is 274 g/mol. The van der Waals surface area contributed by atoms with Crippen LogP contribution >= 0.6 is 0 Å². The van der Waals surface area contributed by atoms with Crippen LogP contribution in [0.2, 0.25) is 0 Å². The lowest BCUT2D eigenvalue weighted by molar-refractivity contribution is 0.299. The van der Waals surface area contributed by atoms with E-state index in [-0.39, 0.29) is 23.9 Å². The highest BCUT2D eigenvalue weighted by Gasteiger charge is 2.08. The van der Waals surface area contributed by atoms with Crippen LogP contribution in [0.3, 0.4) is 0 Å². The van der Waals surface area contributed by atoms with E-state index >= 15 is 0 Å². The van der Waals surface area contributed by atoms with E-state index in [1.807, 2.05) is 12.1 Å².